The van der Waals surface area contributed by atoms with Crippen LogP contribution in [0.3, 0.4) is 0 Å². The molecule has 0 saturated carbocycles. The summed E-state index contributed by atoms with van der Waals surface area (Å²) >= 11 is 12.7. The van der Waals surface area contributed by atoms with Crippen molar-refractivity contribution in [2.24, 2.45) is 10.8 Å². The molecule has 24 heavy (non-hydrogen) atoms. The van der Waals surface area contributed by atoms with Gasteiger partial charge < -0.3 is 10.2 Å². The molecule has 4 N–H and O–H groups in total. The lowest BCUT2D eigenvalue weighted by Gasteiger charge is -2.25. The van der Waals surface area contributed by atoms with Gasteiger partial charge in [-0.25, -0.2) is 5.43 Å². The van der Waals surface area contributed by atoms with E-state index in [0.717, 1.165) is 28.2 Å². The number of nitrogens with one attached hydrogen (secondary N) is 2. The van der Waals surface area contributed by atoms with Gasteiger partial charge in [0.2, 0.25) is 5.96 Å². The zero-order chi connectivity index (χ0) is 16.6. The average Bonchev–Trinajstić information content (AvgIpc) is 2.86. The Bertz CT molecular complexity index is 780. The van der Waals surface area contributed by atoms with Crippen LogP contribution in [0.25, 0.3) is 0 Å². The molecule has 0 saturated heterocycles. The van der Waals surface area contributed by atoms with Gasteiger partial charge in [0.1, 0.15) is 5.76 Å². The summed E-state index contributed by atoms with van der Waals surface area (Å²) in [6, 6.07) is 5.48. The summed E-state index contributed by atoms with van der Waals surface area (Å²) in [7, 11) is 0. The SMILES string of the molecule is Cc1coc2c1/C(=N/NC(=N)N)CC(c1c(Cl)cccc1Cl)C2.Cl. The predicted molar refractivity (Wildman–Crippen MR) is 99.8 cm³/mol. The third-order valence-electron chi connectivity index (χ3n) is 3.93. The second-order valence-electron chi connectivity index (χ2n) is 5.54. The van der Waals surface area contributed by atoms with E-state index in [-0.39, 0.29) is 24.3 Å². The molecule has 0 radical (unpaired) electrons. The first kappa shape index (κ1) is 18.6. The van der Waals surface area contributed by atoms with E-state index in [0.29, 0.717) is 22.9 Å². The third kappa shape index (κ3) is 3.53. The number of halogens is 3. The molecule has 0 fully saturated rings. The lowest BCUT2D eigenvalue weighted by molar-refractivity contribution is 0.480. The van der Waals surface area contributed by atoms with Crippen molar-refractivity contribution in [1.82, 2.24) is 5.43 Å². The van der Waals surface area contributed by atoms with Crippen molar-refractivity contribution < 1.29 is 4.42 Å². The van der Waals surface area contributed by atoms with Crippen molar-refractivity contribution in [1.29, 1.82) is 5.41 Å². The maximum Gasteiger partial charge on any atom is 0.206 e. The first-order valence-electron chi connectivity index (χ1n) is 7.15. The zero-order valence-corrected chi connectivity index (χ0v) is 15.2. The van der Waals surface area contributed by atoms with Gasteiger partial charge in [-0.15, -0.1) is 12.4 Å². The van der Waals surface area contributed by atoms with E-state index in [1.54, 1.807) is 6.26 Å². The summed E-state index contributed by atoms with van der Waals surface area (Å²) < 4.78 is 5.68. The van der Waals surface area contributed by atoms with Gasteiger partial charge >= 0.3 is 0 Å². The Morgan fingerprint density at radius 1 is 1.33 bits per heavy atom. The standard InChI is InChI=1S/C16H16Cl2N4O.ClH/c1-8-7-23-13-6-9(15-10(17)3-2-4-11(15)18)5-12(14(8)13)21-22-16(19)20;/h2-4,7,9H,5-6H2,1H3,(H4,19,20,22);1H/b21-12+;. The number of nitrogens with zero attached hydrogens (tertiary/aromatic N) is 1. The van der Waals surface area contributed by atoms with E-state index in [9.17, 15) is 0 Å². The summed E-state index contributed by atoms with van der Waals surface area (Å²) in [4.78, 5) is 0. The average molecular weight is 388 g/mol. The Balaban J connectivity index is 0.00000208. The molecule has 0 amide bonds. The van der Waals surface area contributed by atoms with Crippen molar-refractivity contribution in [2.45, 2.75) is 25.7 Å². The van der Waals surface area contributed by atoms with Crippen LogP contribution in [-0.2, 0) is 6.42 Å². The van der Waals surface area contributed by atoms with E-state index in [2.05, 4.69) is 10.5 Å². The number of fused-ring (bicyclic) bond motifs is 1. The molecule has 5 nitrogen and oxygen atoms in total. The molecule has 1 aliphatic rings. The molecule has 1 heterocycles. The molecule has 128 valence electrons. The van der Waals surface area contributed by atoms with Gasteiger partial charge in [-0.1, -0.05) is 29.3 Å². The molecule has 1 aromatic carbocycles. The number of guanidine groups is 1. The summed E-state index contributed by atoms with van der Waals surface area (Å²) in [5, 5.41) is 12.8. The van der Waals surface area contributed by atoms with E-state index < -0.39 is 0 Å². The van der Waals surface area contributed by atoms with Gasteiger partial charge in [0.15, 0.2) is 0 Å². The Kier molecular flexibility index (Phi) is 5.80. The predicted octanol–water partition coefficient (Wildman–Crippen LogP) is 4.23. The van der Waals surface area contributed by atoms with Gasteiger partial charge in [-0.05, 0) is 42.5 Å². The van der Waals surface area contributed by atoms with E-state index in [4.69, 9.17) is 38.8 Å². The monoisotopic (exact) mass is 386 g/mol. The van der Waals surface area contributed by atoms with Crippen molar-refractivity contribution in [3.63, 3.8) is 0 Å². The van der Waals surface area contributed by atoms with Crippen molar-refractivity contribution in [2.75, 3.05) is 0 Å². The largest absolute Gasteiger partial charge is 0.468 e. The van der Waals surface area contributed by atoms with Gasteiger partial charge in [0, 0.05) is 22.0 Å². The molecule has 8 heteroatoms. The molecular weight excluding hydrogens is 371 g/mol. The summed E-state index contributed by atoms with van der Waals surface area (Å²) in [5.41, 5.74) is 11.5. The fourth-order valence-electron chi connectivity index (χ4n) is 3.00. The van der Waals surface area contributed by atoms with Crippen molar-refractivity contribution in [3.05, 3.63) is 57.0 Å². The number of nitrogens with two attached hydrogens (primary N) is 1. The van der Waals surface area contributed by atoms with Gasteiger partial charge in [-0.3, -0.25) is 5.41 Å². The molecule has 1 aliphatic carbocycles. The minimum Gasteiger partial charge on any atom is -0.468 e. The maximum absolute atomic E-state index is 7.29. The number of hydrogen-bond acceptors (Lipinski definition) is 3. The Labute approximate surface area is 156 Å². The van der Waals surface area contributed by atoms with Crippen LogP contribution < -0.4 is 11.2 Å². The van der Waals surface area contributed by atoms with Crippen LogP contribution in [0.2, 0.25) is 10.0 Å². The van der Waals surface area contributed by atoms with Crippen LogP contribution in [0.4, 0.5) is 0 Å². The van der Waals surface area contributed by atoms with Crippen LogP contribution >= 0.6 is 35.6 Å². The molecule has 0 bridgehead atoms. The number of benzene rings is 1. The molecule has 1 unspecified atom stereocenters. The highest BCUT2D eigenvalue weighted by atomic mass is 35.5. The Morgan fingerprint density at radius 3 is 2.62 bits per heavy atom. The lowest BCUT2D eigenvalue weighted by Crippen LogP contribution is -2.29. The van der Waals surface area contributed by atoms with Gasteiger partial charge in [0.05, 0.1) is 12.0 Å². The van der Waals surface area contributed by atoms with Crippen molar-refractivity contribution >= 4 is 47.3 Å². The van der Waals surface area contributed by atoms with Gasteiger partial charge in [-0.2, -0.15) is 5.10 Å². The minimum absolute atomic E-state index is 0. The first-order chi connectivity index (χ1) is 11.0. The minimum atomic E-state index is -0.210. The Morgan fingerprint density at radius 2 is 2.00 bits per heavy atom. The van der Waals surface area contributed by atoms with Crippen LogP contribution in [0.5, 0.6) is 0 Å². The second kappa shape index (κ2) is 7.47. The normalized spacial score (nSPS) is 18.0. The maximum atomic E-state index is 7.29. The fraction of sp³-hybridized carbons (Fsp3) is 0.250. The quantitative estimate of drug-likeness (QED) is 0.409. The zero-order valence-electron chi connectivity index (χ0n) is 12.9. The van der Waals surface area contributed by atoms with E-state index in [1.165, 1.54) is 0 Å². The molecule has 2 aromatic rings. The van der Waals surface area contributed by atoms with Crippen LogP contribution in [-0.4, -0.2) is 11.7 Å². The summed E-state index contributed by atoms with van der Waals surface area (Å²) in [5.74, 6) is 0.693. The number of furan rings is 1. The molecule has 0 spiro atoms. The second-order valence-corrected chi connectivity index (χ2v) is 6.36. The van der Waals surface area contributed by atoms with E-state index >= 15 is 0 Å². The molecular formula is C16H17Cl3N4O. The van der Waals surface area contributed by atoms with Crippen LogP contribution in [0, 0.1) is 12.3 Å². The van der Waals surface area contributed by atoms with Crippen LogP contribution in [0.1, 0.15) is 34.8 Å². The third-order valence-corrected chi connectivity index (χ3v) is 4.59. The highest BCUT2D eigenvalue weighted by Crippen LogP contribution is 2.40. The van der Waals surface area contributed by atoms with Crippen LogP contribution in [0.15, 0.2) is 34.0 Å². The summed E-state index contributed by atoms with van der Waals surface area (Å²) in [6.07, 6.45) is 3.05. The molecule has 0 aliphatic heterocycles. The van der Waals surface area contributed by atoms with Crippen molar-refractivity contribution in [3.8, 4) is 0 Å². The molecule has 1 atom stereocenters. The van der Waals surface area contributed by atoms with Gasteiger partial charge in [0.25, 0.3) is 0 Å². The number of rotatable bonds is 2. The smallest absolute Gasteiger partial charge is 0.206 e. The van der Waals surface area contributed by atoms with E-state index in [1.807, 2.05) is 25.1 Å². The topological polar surface area (TPSA) is 87.4 Å². The number of hydrogen-bond donors (Lipinski definition) is 3. The fourth-order valence-corrected chi connectivity index (χ4v) is 3.71. The molecule has 3 rings (SSSR count). The highest BCUT2D eigenvalue weighted by molar-refractivity contribution is 6.36. The highest BCUT2D eigenvalue weighted by Gasteiger charge is 2.31. The first-order valence-corrected chi connectivity index (χ1v) is 7.90. The Hall–Kier alpha value is -1.69. The number of hydrazone groups is 1. The summed E-state index contributed by atoms with van der Waals surface area (Å²) in [6.45, 7) is 1.97. The number of aryl methyl sites for hydroxylation is 1. The molecule has 1 aromatic heterocycles. The lowest BCUT2D eigenvalue weighted by atomic mass is 9.81.